The van der Waals surface area contributed by atoms with Gasteiger partial charge in [-0.25, -0.2) is 0 Å². The highest BCUT2D eigenvalue weighted by atomic mass is 16.2. The summed E-state index contributed by atoms with van der Waals surface area (Å²) in [6.07, 6.45) is 3.83. The van der Waals surface area contributed by atoms with Crippen LogP contribution in [-0.2, 0) is 12.1 Å². The number of fused-ring (bicyclic) bond motifs is 1. The molecular formula is C26H28N2O. The first-order valence-corrected chi connectivity index (χ1v) is 10.5. The maximum absolute atomic E-state index is 13.7. The number of para-hydroxylation sites is 1. The number of amides is 1. The molecule has 1 atom stereocenters. The Morgan fingerprint density at radius 1 is 0.862 bits per heavy atom. The molecule has 3 heteroatoms. The van der Waals surface area contributed by atoms with Gasteiger partial charge in [0.1, 0.15) is 5.66 Å². The van der Waals surface area contributed by atoms with Crippen LogP contribution >= 0.6 is 0 Å². The summed E-state index contributed by atoms with van der Waals surface area (Å²) < 4.78 is 0. The average Bonchev–Trinajstić information content (AvgIpc) is 2.78. The second-order valence-corrected chi connectivity index (χ2v) is 7.69. The lowest BCUT2D eigenvalue weighted by atomic mass is 9.87. The van der Waals surface area contributed by atoms with E-state index >= 15 is 0 Å². The highest BCUT2D eigenvalue weighted by Gasteiger charge is 2.45. The van der Waals surface area contributed by atoms with Gasteiger partial charge in [-0.2, -0.15) is 0 Å². The molecule has 1 aliphatic rings. The molecule has 0 saturated carbocycles. The third-order valence-electron chi connectivity index (χ3n) is 5.82. The van der Waals surface area contributed by atoms with Gasteiger partial charge in [0.05, 0.1) is 5.56 Å². The summed E-state index contributed by atoms with van der Waals surface area (Å²) in [6, 6.07) is 28.7. The van der Waals surface area contributed by atoms with Crippen molar-refractivity contribution in [3.05, 3.63) is 102 Å². The van der Waals surface area contributed by atoms with Crippen molar-refractivity contribution < 1.29 is 4.79 Å². The Morgan fingerprint density at radius 3 is 2.24 bits per heavy atom. The van der Waals surface area contributed by atoms with Crippen LogP contribution in [0.2, 0.25) is 0 Å². The second kappa shape index (κ2) is 8.52. The topological polar surface area (TPSA) is 32.3 Å². The van der Waals surface area contributed by atoms with Crippen molar-refractivity contribution in [2.45, 2.75) is 38.3 Å². The Bertz CT molecular complexity index is 955. The molecule has 0 spiro atoms. The standard InChI is InChI=1S/C26H28N2O/c1-2-3-19-26(22-14-8-5-9-15-22)27-24-17-11-10-16-23(24)25(29)28(26)20-18-21-12-6-4-7-13-21/h4-17,27H,2-3,18-20H2,1H3. The second-order valence-electron chi connectivity index (χ2n) is 7.69. The van der Waals surface area contributed by atoms with Crippen molar-refractivity contribution >= 4 is 11.6 Å². The van der Waals surface area contributed by atoms with Crippen LogP contribution in [0.1, 0.15) is 47.7 Å². The predicted octanol–water partition coefficient (Wildman–Crippen LogP) is 5.84. The van der Waals surface area contributed by atoms with E-state index in [0.717, 1.165) is 42.5 Å². The summed E-state index contributed by atoms with van der Waals surface area (Å²) in [6.45, 7) is 2.87. The molecule has 0 aromatic heterocycles. The summed E-state index contributed by atoms with van der Waals surface area (Å²) in [4.78, 5) is 15.7. The van der Waals surface area contributed by atoms with Gasteiger partial charge >= 0.3 is 0 Å². The number of anilines is 1. The molecule has 29 heavy (non-hydrogen) atoms. The van der Waals surface area contributed by atoms with Gasteiger partial charge in [0, 0.05) is 12.2 Å². The molecule has 1 amide bonds. The highest BCUT2D eigenvalue weighted by Crippen LogP contribution is 2.41. The molecule has 1 N–H and O–H groups in total. The Labute approximate surface area is 173 Å². The normalized spacial score (nSPS) is 18.2. The summed E-state index contributed by atoms with van der Waals surface area (Å²) in [7, 11) is 0. The van der Waals surface area contributed by atoms with E-state index in [1.54, 1.807) is 0 Å². The Kier molecular flexibility index (Phi) is 5.66. The first-order chi connectivity index (χ1) is 14.2. The van der Waals surface area contributed by atoms with Gasteiger partial charge in [-0.1, -0.05) is 86.1 Å². The zero-order valence-corrected chi connectivity index (χ0v) is 17.0. The molecular weight excluding hydrogens is 356 g/mol. The third-order valence-corrected chi connectivity index (χ3v) is 5.82. The zero-order valence-electron chi connectivity index (χ0n) is 17.0. The quantitative estimate of drug-likeness (QED) is 0.555. The fraction of sp³-hybridized carbons (Fsp3) is 0.269. The van der Waals surface area contributed by atoms with E-state index in [2.05, 4.69) is 65.7 Å². The van der Waals surface area contributed by atoms with Gasteiger partial charge in [0.25, 0.3) is 5.91 Å². The molecule has 1 heterocycles. The smallest absolute Gasteiger partial charge is 0.258 e. The number of unbranched alkanes of at least 4 members (excludes halogenated alkanes) is 1. The lowest BCUT2D eigenvalue weighted by molar-refractivity contribution is 0.0469. The number of carbonyl (C=O) groups excluding carboxylic acids is 1. The van der Waals surface area contributed by atoms with Crippen LogP contribution in [0.15, 0.2) is 84.9 Å². The van der Waals surface area contributed by atoms with Gasteiger partial charge < -0.3 is 10.2 Å². The van der Waals surface area contributed by atoms with Crippen LogP contribution in [0, 0.1) is 0 Å². The van der Waals surface area contributed by atoms with Crippen molar-refractivity contribution in [3.63, 3.8) is 0 Å². The summed E-state index contributed by atoms with van der Waals surface area (Å²) in [5.74, 6) is 0.107. The van der Waals surface area contributed by atoms with Crippen molar-refractivity contribution in [2.24, 2.45) is 0 Å². The minimum atomic E-state index is -0.530. The molecule has 148 valence electrons. The highest BCUT2D eigenvalue weighted by molar-refractivity contribution is 6.02. The van der Waals surface area contributed by atoms with Crippen molar-refractivity contribution in [1.82, 2.24) is 4.90 Å². The molecule has 0 bridgehead atoms. The van der Waals surface area contributed by atoms with E-state index in [1.807, 2.05) is 36.4 Å². The van der Waals surface area contributed by atoms with Gasteiger partial charge in [-0.15, -0.1) is 0 Å². The number of nitrogens with one attached hydrogen (secondary N) is 1. The predicted molar refractivity (Wildman–Crippen MR) is 119 cm³/mol. The summed E-state index contributed by atoms with van der Waals surface area (Å²) >= 11 is 0. The Hall–Kier alpha value is -3.07. The van der Waals surface area contributed by atoms with E-state index < -0.39 is 5.66 Å². The van der Waals surface area contributed by atoms with Crippen molar-refractivity contribution in [1.29, 1.82) is 0 Å². The maximum Gasteiger partial charge on any atom is 0.258 e. The lowest BCUT2D eigenvalue weighted by Gasteiger charge is -2.49. The number of hydrogen-bond acceptors (Lipinski definition) is 2. The van der Waals surface area contributed by atoms with E-state index in [-0.39, 0.29) is 5.91 Å². The number of benzene rings is 3. The fourth-order valence-electron chi connectivity index (χ4n) is 4.28. The molecule has 0 radical (unpaired) electrons. The minimum Gasteiger partial charge on any atom is -0.358 e. The number of hydrogen-bond donors (Lipinski definition) is 1. The molecule has 0 aliphatic carbocycles. The minimum absolute atomic E-state index is 0.107. The van der Waals surface area contributed by atoms with E-state index in [9.17, 15) is 4.79 Å². The number of carbonyl (C=O) groups is 1. The number of nitrogens with zero attached hydrogens (tertiary/aromatic N) is 1. The van der Waals surface area contributed by atoms with Gasteiger partial charge in [0.15, 0.2) is 0 Å². The van der Waals surface area contributed by atoms with Gasteiger partial charge in [-0.3, -0.25) is 4.79 Å². The molecule has 1 unspecified atom stereocenters. The monoisotopic (exact) mass is 384 g/mol. The average molecular weight is 385 g/mol. The van der Waals surface area contributed by atoms with Crippen LogP contribution < -0.4 is 5.32 Å². The van der Waals surface area contributed by atoms with E-state index in [0.29, 0.717) is 6.54 Å². The first kappa shape index (κ1) is 19.3. The molecule has 4 rings (SSSR count). The molecule has 0 fully saturated rings. The SMILES string of the molecule is CCCCC1(c2ccccc2)Nc2ccccc2C(=O)N1CCc1ccccc1. The summed E-state index contributed by atoms with van der Waals surface area (Å²) in [5.41, 5.74) is 3.54. The molecule has 3 aromatic rings. The van der Waals surface area contributed by atoms with Gasteiger partial charge in [-0.05, 0) is 42.5 Å². The largest absolute Gasteiger partial charge is 0.358 e. The fourth-order valence-corrected chi connectivity index (χ4v) is 4.28. The van der Waals surface area contributed by atoms with Crippen LogP contribution in [-0.4, -0.2) is 17.4 Å². The van der Waals surface area contributed by atoms with E-state index in [4.69, 9.17) is 0 Å². The Morgan fingerprint density at radius 2 is 1.52 bits per heavy atom. The molecule has 0 saturated heterocycles. The van der Waals surface area contributed by atoms with Crippen molar-refractivity contribution in [3.8, 4) is 0 Å². The zero-order chi connectivity index (χ0) is 20.1. The van der Waals surface area contributed by atoms with Crippen LogP contribution in [0.4, 0.5) is 5.69 Å². The van der Waals surface area contributed by atoms with E-state index in [1.165, 1.54) is 5.56 Å². The number of rotatable bonds is 7. The van der Waals surface area contributed by atoms with Gasteiger partial charge in [0.2, 0.25) is 0 Å². The third kappa shape index (κ3) is 3.77. The molecule has 3 nitrogen and oxygen atoms in total. The van der Waals surface area contributed by atoms with Crippen LogP contribution in [0.3, 0.4) is 0 Å². The van der Waals surface area contributed by atoms with Crippen molar-refractivity contribution in [2.75, 3.05) is 11.9 Å². The molecule has 3 aromatic carbocycles. The molecule has 1 aliphatic heterocycles. The lowest BCUT2D eigenvalue weighted by Crippen LogP contribution is -2.58. The van der Waals surface area contributed by atoms with Crippen LogP contribution in [0.5, 0.6) is 0 Å². The summed E-state index contributed by atoms with van der Waals surface area (Å²) in [5, 5.41) is 3.78. The maximum atomic E-state index is 13.7. The van der Waals surface area contributed by atoms with Crippen LogP contribution in [0.25, 0.3) is 0 Å². The first-order valence-electron chi connectivity index (χ1n) is 10.5. The Balaban J connectivity index is 1.78.